The van der Waals surface area contributed by atoms with E-state index in [9.17, 15) is 0 Å². The number of hydrogen-bond donors (Lipinski definition) is 2. The van der Waals surface area contributed by atoms with Crippen molar-refractivity contribution in [2.45, 2.75) is 33.5 Å². The number of ether oxygens (including phenoxy) is 2. The van der Waals surface area contributed by atoms with Crippen LogP contribution >= 0.6 is 0 Å². The summed E-state index contributed by atoms with van der Waals surface area (Å²) in [5, 5.41) is 0. The molecule has 2 rings (SSSR count). The van der Waals surface area contributed by atoms with Crippen molar-refractivity contribution in [2.75, 3.05) is 11.5 Å². The van der Waals surface area contributed by atoms with Gasteiger partial charge in [-0.25, -0.2) is 0 Å². The van der Waals surface area contributed by atoms with E-state index in [0.29, 0.717) is 5.69 Å². The molecule has 0 heterocycles. The zero-order valence-corrected chi connectivity index (χ0v) is 12.7. The molecule has 2 aromatic rings. The summed E-state index contributed by atoms with van der Waals surface area (Å²) in [4.78, 5) is 0. The first kappa shape index (κ1) is 15.0. The Morgan fingerprint density at radius 3 is 2.43 bits per heavy atom. The second-order valence-corrected chi connectivity index (χ2v) is 5.06. The second kappa shape index (κ2) is 6.39. The van der Waals surface area contributed by atoms with Crippen LogP contribution in [-0.2, 0) is 0 Å². The van der Waals surface area contributed by atoms with Crippen LogP contribution in [0.1, 0.15) is 24.5 Å². The van der Waals surface area contributed by atoms with Crippen molar-refractivity contribution >= 4 is 11.4 Å². The molecule has 0 bridgehead atoms. The predicted molar refractivity (Wildman–Crippen MR) is 86.5 cm³/mol. The lowest BCUT2D eigenvalue weighted by Crippen LogP contribution is -2.23. The Hall–Kier alpha value is -2.36. The van der Waals surface area contributed by atoms with Crippen molar-refractivity contribution in [1.82, 2.24) is 0 Å². The van der Waals surface area contributed by atoms with Gasteiger partial charge in [0, 0.05) is 23.4 Å². The molecule has 0 aliphatic rings. The molecule has 1 unspecified atom stereocenters. The van der Waals surface area contributed by atoms with Crippen LogP contribution in [0.15, 0.2) is 36.4 Å². The fourth-order valence-corrected chi connectivity index (χ4v) is 1.96. The van der Waals surface area contributed by atoms with E-state index in [0.717, 1.165) is 34.7 Å². The van der Waals surface area contributed by atoms with Crippen LogP contribution in [0.5, 0.6) is 11.5 Å². The highest BCUT2D eigenvalue weighted by Crippen LogP contribution is 2.26. The van der Waals surface area contributed by atoms with Crippen molar-refractivity contribution in [3.63, 3.8) is 0 Å². The van der Waals surface area contributed by atoms with Crippen LogP contribution in [0.25, 0.3) is 0 Å². The average Bonchev–Trinajstić information content (AvgIpc) is 2.47. The van der Waals surface area contributed by atoms with Crippen molar-refractivity contribution in [2.24, 2.45) is 0 Å². The van der Waals surface area contributed by atoms with E-state index in [1.54, 1.807) is 0 Å². The van der Waals surface area contributed by atoms with Crippen LogP contribution in [0.2, 0.25) is 0 Å². The van der Waals surface area contributed by atoms with Gasteiger partial charge in [0.15, 0.2) is 0 Å². The third-order valence-electron chi connectivity index (χ3n) is 3.43. The Morgan fingerprint density at radius 1 is 1.00 bits per heavy atom. The maximum Gasteiger partial charge on any atom is 0.240 e. The van der Waals surface area contributed by atoms with Gasteiger partial charge in [-0.2, -0.15) is 0 Å². The lowest BCUT2D eigenvalue weighted by atomic mass is 10.2. The third kappa shape index (κ3) is 3.60. The van der Waals surface area contributed by atoms with E-state index in [1.165, 1.54) is 0 Å². The van der Waals surface area contributed by atoms with Gasteiger partial charge in [0.1, 0.15) is 11.5 Å². The van der Waals surface area contributed by atoms with E-state index in [2.05, 4.69) is 0 Å². The minimum Gasteiger partial charge on any atom is -0.455 e. The summed E-state index contributed by atoms with van der Waals surface area (Å²) in [5.41, 5.74) is 15.1. The molecule has 2 aromatic carbocycles. The van der Waals surface area contributed by atoms with Crippen LogP contribution < -0.4 is 20.9 Å². The zero-order valence-electron chi connectivity index (χ0n) is 12.7. The van der Waals surface area contributed by atoms with Crippen molar-refractivity contribution in [3.05, 3.63) is 47.5 Å². The topological polar surface area (TPSA) is 70.5 Å². The average molecular weight is 286 g/mol. The zero-order chi connectivity index (χ0) is 15.4. The SMILES string of the molecule is CCC(Oc1ccc(N)c(C)c1)Oc1cccc(N)c1C. The molecule has 0 fully saturated rings. The van der Waals surface area contributed by atoms with Crippen molar-refractivity contribution in [1.29, 1.82) is 0 Å². The molecule has 4 nitrogen and oxygen atoms in total. The fraction of sp³-hybridized carbons (Fsp3) is 0.294. The number of hydrogen-bond acceptors (Lipinski definition) is 4. The number of rotatable bonds is 5. The van der Waals surface area contributed by atoms with E-state index < -0.39 is 0 Å². The second-order valence-electron chi connectivity index (χ2n) is 5.06. The molecule has 4 heteroatoms. The molecule has 0 saturated carbocycles. The van der Waals surface area contributed by atoms with E-state index >= 15 is 0 Å². The minimum absolute atomic E-state index is 0.367. The number of aryl methyl sites for hydroxylation is 1. The maximum absolute atomic E-state index is 5.92. The molecular formula is C17H22N2O2. The Morgan fingerprint density at radius 2 is 1.76 bits per heavy atom. The van der Waals surface area contributed by atoms with Gasteiger partial charge in [-0.15, -0.1) is 0 Å². The Balaban J connectivity index is 2.13. The Labute approximate surface area is 125 Å². The molecule has 0 spiro atoms. The molecule has 0 radical (unpaired) electrons. The van der Waals surface area contributed by atoms with E-state index in [4.69, 9.17) is 20.9 Å². The quantitative estimate of drug-likeness (QED) is 0.650. The standard InChI is InChI=1S/C17H22N2O2/c1-4-17(20-13-8-9-14(18)11(2)10-13)21-16-7-5-6-15(19)12(16)3/h5-10,17H,4,18-19H2,1-3H3. The summed E-state index contributed by atoms with van der Waals surface area (Å²) < 4.78 is 11.8. The highest BCUT2D eigenvalue weighted by molar-refractivity contribution is 5.53. The third-order valence-corrected chi connectivity index (χ3v) is 3.43. The molecule has 0 aliphatic heterocycles. The highest BCUT2D eigenvalue weighted by atomic mass is 16.7. The van der Waals surface area contributed by atoms with E-state index in [1.807, 2.05) is 57.2 Å². The molecule has 112 valence electrons. The fourth-order valence-electron chi connectivity index (χ4n) is 1.96. The highest BCUT2D eigenvalue weighted by Gasteiger charge is 2.12. The van der Waals surface area contributed by atoms with Gasteiger partial charge >= 0.3 is 0 Å². The van der Waals surface area contributed by atoms with Crippen LogP contribution in [0.3, 0.4) is 0 Å². The van der Waals surface area contributed by atoms with E-state index in [-0.39, 0.29) is 6.29 Å². The van der Waals surface area contributed by atoms with Gasteiger partial charge in [-0.3, -0.25) is 0 Å². The van der Waals surface area contributed by atoms with Gasteiger partial charge in [0.2, 0.25) is 6.29 Å². The normalized spacial score (nSPS) is 12.0. The predicted octanol–water partition coefficient (Wildman–Crippen LogP) is 3.66. The minimum atomic E-state index is -0.367. The number of anilines is 2. The lowest BCUT2D eigenvalue weighted by molar-refractivity contribution is 0.00284. The molecule has 4 N–H and O–H groups in total. The van der Waals surface area contributed by atoms with Crippen LogP contribution in [0.4, 0.5) is 11.4 Å². The largest absolute Gasteiger partial charge is 0.455 e. The maximum atomic E-state index is 5.92. The van der Waals surface area contributed by atoms with Crippen LogP contribution in [0, 0.1) is 13.8 Å². The number of nitrogen functional groups attached to an aromatic ring is 2. The van der Waals surface area contributed by atoms with Crippen molar-refractivity contribution in [3.8, 4) is 11.5 Å². The van der Waals surface area contributed by atoms with Gasteiger partial charge < -0.3 is 20.9 Å². The molecule has 21 heavy (non-hydrogen) atoms. The molecule has 1 atom stereocenters. The summed E-state index contributed by atoms with van der Waals surface area (Å²) in [6.45, 7) is 5.90. The first-order chi connectivity index (χ1) is 10.0. The molecule has 0 amide bonds. The molecular weight excluding hydrogens is 264 g/mol. The molecule has 0 saturated heterocycles. The van der Waals surface area contributed by atoms with Gasteiger partial charge in [0.25, 0.3) is 0 Å². The number of benzene rings is 2. The van der Waals surface area contributed by atoms with Crippen molar-refractivity contribution < 1.29 is 9.47 Å². The van der Waals surface area contributed by atoms with Crippen LogP contribution in [-0.4, -0.2) is 6.29 Å². The summed E-state index contributed by atoms with van der Waals surface area (Å²) in [7, 11) is 0. The summed E-state index contributed by atoms with van der Waals surface area (Å²) in [6, 6.07) is 11.2. The summed E-state index contributed by atoms with van der Waals surface area (Å²) in [6.07, 6.45) is 0.353. The smallest absolute Gasteiger partial charge is 0.240 e. The Kier molecular flexibility index (Phi) is 4.58. The van der Waals surface area contributed by atoms with Gasteiger partial charge in [0.05, 0.1) is 0 Å². The van der Waals surface area contributed by atoms with Gasteiger partial charge in [-0.05, 0) is 49.7 Å². The first-order valence-electron chi connectivity index (χ1n) is 7.05. The summed E-state index contributed by atoms with van der Waals surface area (Å²) in [5.74, 6) is 1.49. The van der Waals surface area contributed by atoms with Gasteiger partial charge in [-0.1, -0.05) is 13.0 Å². The Bertz CT molecular complexity index is 626. The molecule has 0 aliphatic carbocycles. The summed E-state index contributed by atoms with van der Waals surface area (Å²) >= 11 is 0. The lowest BCUT2D eigenvalue weighted by Gasteiger charge is -2.21. The molecule has 0 aromatic heterocycles. The first-order valence-corrected chi connectivity index (χ1v) is 7.05. The monoisotopic (exact) mass is 286 g/mol. The number of nitrogens with two attached hydrogens (primary N) is 2.